The van der Waals surface area contributed by atoms with E-state index in [-0.39, 0.29) is 11.8 Å². The summed E-state index contributed by atoms with van der Waals surface area (Å²) in [6.07, 6.45) is 0.713. The Morgan fingerprint density at radius 2 is 1.87 bits per heavy atom. The molecule has 0 saturated heterocycles. The molecule has 0 bridgehead atoms. The van der Waals surface area contributed by atoms with E-state index in [0.29, 0.717) is 19.6 Å². The summed E-state index contributed by atoms with van der Waals surface area (Å²) in [5.74, 6) is 0.946. The van der Waals surface area contributed by atoms with Crippen LogP contribution >= 0.6 is 15.9 Å². The summed E-state index contributed by atoms with van der Waals surface area (Å²) in [6.45, 7) is 5.35. The smallest absolute Gasteiger partial charge is 0.234 e. The largest absolute Gasteiger partial charge is 0.494 e. The molecule has 1 aliphatic heterocycles. The number of hydrogen-bond donors (Lipinski definition) is 0. The Bertz CT molecular complexity index is 712. The number of nitrogens with zero attached hydrogens (tertiary/aromatic N) is 1. The van der Waals surface area contributed by atoms with Crippen LogP contribution in [-0.2, 0) is 11.2 Å². The molecule has 0 radical (unpaired) electrons. The fourth-order valence-electron chi connectivity index (χ4n) is 3.14. The second-order valence-corrected chi connectivity index (χ2v) is 6.53. The summed E-state index contributed by atoms with van der Waals surface area (Å²) >= 11 is 3.52. The van der Waals surface area contributed by atoms with Gasteiger partial charge in [0.25, 0.3) is 0 Å². The molecule has 1 heterocycles. The molecule has 0 unspecified atom stereocenters. The van der Waals surface area contributed by atoms with Crippen molar-refractivity contribution in [2.75, 3.05) is 18.1 Å². The lowest BCUT2D eigenvalue weighted by atomic mass is 9.93. The third kappa shape index (κ3) is 3.13. The molecular weight excluding hydrogens is 354 g/mol. The quantitative estimate of drug-likeness (QED) is 0.769. The van der Waals surface area contributed by atoms with E-state index in [0.717, 1.165) is 27.0 Å². The lowest BCUT2D eigenvalue weighted by Crippen LogP contribution is -2.29. The minimum Gasteiger partial charge on any atom is -0.494 e. The fourth-order valence-corrected chi connectivity index (χ4v) is 3.52. The maximum absolute atomic E-state index is 12.8. The van der Waals surface area contributed by atoms with Crippen LogP contribution in [0.25, 0.3) is 0 Å². The van der Waals surface area contributed by atoms with Gasteiger partial charge in [0.05, 0.1) is 12.5 Å². The number of carbonyl (C=O) groups excluding carboxylic acids is 1. The average molecular weight is 374 g/mol. The topological polar surface area (TPSA) is 29.5 Å². The first-order valence-corrected chi connectivity index (χ1v) is 8.76. The Kier molecular flexibility index (Phi) is 4.71. The van der Waals surface area contributed by atoms with Crippen LogP contribution in [0.15, 0.2) is 46.9 Å². The molecule has 0 aromatic heterocycles. The fraction of sp³-hybridized carbons (Fsp3) is 0.316. The Morgan fingerprint density at radius 3 is 2.52 bits per heavy atom. The number of fused-ring (bicyclic) bond motifs is 1. The van der Waals surface area contributed by atoms with Crippen molar-refractivity contribution < 1.29 is 9.53 Å². The minimum atomic E-state index is -0.111. The highest BCUT2D eigenvalue weighted by atomic mass is 79.9. The van der Waals surface area contributed by atoms with E-state index >= 15 is 0 Å². The molecule has 0 aliphatic carbocycles. The SMILES string of the molecule is CCOc1ccc(C[C@@H]2C(=O)N(CC)c3ccc(Br)cc32)cc1. The molecular formula is C19H20BrNO2. The second kappa shape index (κ2) is 6.75. The number of benzene rings is 2. The van der Waals surface area contributed by atoms with Gasteiger partial charge in [-0.25, -0.2) is 0 Å². The molecule has 1 aliphatic rings. The second-order valence-electron chi connectivity index (χ2n) is 5.62. The zero-order chi connectivity index (χ0) is 16.4. The molecule has 0 spiro atoms. The summed E-state index contributed by atoms with van der Waals surface area (Å²) in [6, 6.07) is 14.1. The van der Waals surface area contributed by atoms with E-state index in [1.807, 2.05) is 55.1 Å². The highest BCUT2D eigenvalue weighted by molar-refractivity contribution is 9.10. The molecule has 3 nitrogen and oxygen atoms in total. The van der Waals surface area contributed by atoms with E-state index < -0.39 is 0 Å². The number of amides is 1. The predicted octanol–water partition coefficient (Wildman–Crippen LogP) is 4.54. The normalized spacial score (nSPS) is 16.6. The first-order chi connectivity index (χ1) is 11.1. The molecule has 0 saturated carbocycles. The summed E-state index contributed by atoms with van der Waals surface area (Å²) in [4.78, 5) is 14.6. The zero-order valence-corrected chi connectivity index (χ0v) is 15.0. The Hall–Kier alpha value is -1.81. The lowest BCUT2D eigenvalue weighted by molar-refractivity contribution is -0.119. The van der Waals surface area contributed by atoms with Crippen molar-refractivity contribution in [2.45, 2.75) is 26.2 Å². The van der Waals surface area contributed by atoms with Crippen LogP contribution in [0, 0.1) is 0 Å². The molecule has 2 aromatic carbocycles. The van der Waals surface area contributed by atoms with Gasteiger partial charge in [0.1, 0.15) is 5.75 Å². The molecule has 1 atom stereocenters. The van der Waals surface area contributed by atoms with Gasteiger partial charge in [-0.3, -0.25) is 4.79 Å². The zero-order valence-electron chi connectivity index (χ0n) is 13.4. The number of likely N-dealkylation sites (N-methyl/N-ethyl adjacent to an activating group) is 1. The summed E-state index contributed by atoms with van der Waals surface area (Å²) in [5, 5.41) is 0. The van der Waals surface area contributed by atoms with Gasteiger partial charge < -0.3 is 9.64 Å². The Labute approximate surface area is 145 Å². The highest BCUT2D eigenvalue weighted by Crippen LogP contribution is 2.40. The van der Waals surface area contributed by atoms with Gasteiger partial charge in [-0.1, -0.05) is 28.1 Å². The van der Waals surface area contributed by atoms with E-state index in [1.165, 1.54) is 0 Å². The van der Waals surface area contributed by atoms with Gasteiger partial charge in [-0.2, -0.15) is 0 Å². The van der Waals surface area contributed by atoms with Crippen molar-refractivity contribution in [2.24, 2.45) is 0 Å². The van der Waals surface area contributed by atoms with Gasteiger partial charge in [0.15, 0.2) is 0 Å². The molecule has 1 amide bonds. The summed E-state index contributed by atoms with van der Waals surface area (Å²) in [7, 11) is 0. The Morgan fingerprint density at radius 1 is 1.13 bits per heavy atom. The summed E-state index contributed by atoms with van der Waals surface area (Å²) in [5.41, 5.74) is 3.30. The van der Waals surface area contributed by atoms with E-state index in [4.69, 9.17) is 4.74 Å². The lowest BCUT2D eigenvalue weighted by Gasteiger charge is -2.15. The monoisotopic (exact) mass is 373 g/mol. The minimum absolute atomic E-state index is 0.111. The number of rotatable bonds is 5. The number of hydrogen-bond acceptors (Lipinski definition) is 2. The van der Waals surface area contributed by atoms with Gasteiger partial charge in [0.2, 0.25) is 5.91 Å². The van der Waals surface area contributed by atoms with Crippen LogP contribution in [0.5, 0.6) is 5.75 Å². The third-order valence-corrected chi connectivity index (χ3v) is 4.70. The average Bonchev–Trinajstić information content (AvgIpc) is 2.81. The van der Waals surface area contributed by atoms with Crippen LogP contribution in [0.3, 0.4) is 0 Å². The summed E-state index contributed by atoms with van der Waals surface area (Å²) < 4.78 is 6.49. The van der Waals surface area contributed by atoms with Crippen LogP contribution in [0.1, 0.15) is 30.9 Å². The number of anilines is 1. The number of carbonyl (C=O) groups is 1. The van der Waals surface area contributed by atoms with Crippen LogP contribution in [-0.4, -0.2) is 19.1 Å². The molecule has 4 heteroatoms. The van der Waals surface area contributed by atoms with Crippen LogP contribution < -0.4 is 9.64 Å². The predicted molar refractivity (Wildman–Crippen MR) is 96.2 cm³/mol. The van der Waals surface area contributed by atoms with E-state index in [2.05, 4.69) is 22.0 Å². The van der Waals surface area contributed by atoms with Crippen molar-refractivity contribution in [3.63, 3.8) is 0 Å². The molecule has 0 N–H and O–H groups in total. The molecule has 3 rings (SSSR count). The third-order valence-electron chi connectivity index (χ3n) is 4.21. The molecule has 2 aromatic rings. The van der Waals surface area contributed by atoms with Gasteiger partial charge in [-0.15, -0.1) is 0 Å². The standard InChI is InChI=1S/C19H20BrNO2/c1-3-21-18-10-7-14(20)12-16(18)17(19(21)22)11-13-5-8-15(9-6-13)23-4-2/h5-10,12,17H,3-4,11H2,1-2H3/t17-/m0/s1. The van der Waals surface area contributed by atoms with Crippen molar-refractivity contribution >= 4 is 27.5 Å². The first-order valence-electron chi connectivity index (χ1n) is 7.96. The van der Waals surface area contributed by atoms with E-state index in [1.54, 1.807) is 0 Å². The Balaban J connectivity index is 1.88. The highest BCUT2D eigenvalue weighted by Gasteiger charge is 2.36. The number of ether oxygens (including phenoxy) is 1. The molecule has 23 heavy (non-hydrogen) atoms. The molecule has 0 fully saturated rings. The van der Waals surface area contributed by atoms with Crippen molar-refractivity contribution in [1.82, 2.24) is 0 Å². The van der Waals surface area contributed by atoms with Crippen molar-refractivity contribution in [3.8, 4) is 5.75 Å². The van der Waals surface area contributed by atoms with Gasteiger partial charge >= 0.3 is 0 Å². The van der Waals surface area contributed by atoms with Gasteiger partial charge in [-0.05, 0) is 61.7 Å². The van der Waals surface area contributed by atoms with Crippen molar-refractivity contribution in [3.05, 3.63) is 58.1 Å². The molecule has 120 valence electrons. The maximum atomic E-state index is 12.8. The van der Waals surface area contributed by atoms with E-state index in [9.17, 15) is 4.79 Å². The first kappa shape index (κ1) is 16.1. The van der Waals surface area contributed by atoms with Gasteiger partial charge in [0, 0.05) is 16.7 Å². The van der Waals surface area contributed by atoms with Crippen LogP contribution in [0.4, 0.5) is 5.69 Å². The van der Waals surface area contributed by atoms with Crippen molar-refractivity contribution in [1.29, 1.82) is 0 Å². The van der Waals surface area contributed by atoms with Crippen LogP contribution in [0.2, 0.25) is 0 Å². The maximum Gasteiger partial charge on any atom is 0.234 e. The number of halogens is 1.